The van der Waals surface area contributed by atoms with Crippen molar-refractivity contribution in [2.24, 2.45) is 10.9 Å². The molecule has 0 unspecified atom stereocenters. The van der Waals surface area contributed by atoms with Crippen molar-refractivity contribution in [3.05, 3.63) is 47.9 Å². The SMILES string of the molecule is COC(=O)c1ccc2nc(C3=CNC(=NCCCC4CCN(C)CC4)C=CC3)[nH]c2c1. The van der Waals surface area contributed by atoms with Crippen LogP contribution in [0, 0.1) is 5.92 Å². The summed E-state index contributed by atoms with van der Waals surface area (Å²) in [7, 11) is 3.59. The molecule has 0 aliphatic carbocycles. The normalized spacial score (nSPS) is 19.3. The molecule has 164 valence electrons. The van der Waals surface area contributed by atoms with Crippen molar-refractivity contribution in [2.45, 2.75) is 32.1 Å². The Bertz CT molecular complexity index is 1010. The maximum Gasteiger partial charge on any atom is 0.337 e. The molecule has 2 aromatic rings. The summed E-state index contributed by atoms with van der Waals surface area (Å²) in [5.74, 6) is 2.18. The molecule has 0 radical (unpaired) electrons. The van der Waals surface area contributed by atoms with Crippen LogP contribution in [0.15, 0.2) is 41.5 Å². The number of carbonyl (C=O) groups is 1. The van der Waals surface area contributed by atoms with Crippen molar-refractivity contribution >= 4 is 28.4 Å². The fourth-order valence-electron chi connectivity index (χ4n) is 4.17. The molecule has 3 heterocycles. The van der Waals surface area contributed by atoms with E-state index in [2.05, 4.69) is 33.3 Å². The number of piperidine rings is 1. The van der Waals surface area contributed by atoms with Gasteiger partial charge in [0.05, 0.1) is 23.7 Å². The van der Waals surface area contributed by atoms with Crippen LogP contribution in [0.1, 0.15) is 48.3 Å². The minimum absolute atomic E-state index is 0.354. The maximum absolute atomic E-state index is 11.8. The Kier molecular flexibility index (Phi) is 6.82. The lowest BCUT2D eigenvalue weighted by Gasteiger charge is -2.28. The van der Waals surface area contributed by atoms with E-state index in [-0.39, 0.29) is 5.97 Å². The van der Waals surface area contributed by atoms with Gasteiger partial charge in [0, 0.05) is 18.3 Å². The van der Waals surface area contributed by atoms with Gasteiger partial charge in [-0.05, 0) is 82.4 Å². The van der Waals surface area contributed by atoms with Crippen molar-refractivity contribution < 1.29 is 9.53 Å². The number of imidazole rings is 1. The fourth-order valence-corrected chi connectivity index (χ4v) is 4.17. The van der Waals surface area contributed by atoms with Gasteiger partial charge < -0.3 is 19.9 Å². The van der Waals surface area contributed by atoms with E-state index in [0.29, 0.717) is 5.56 Å². The molecule has 0 saturated carbocycles. The van der Waals surface area contributed by atoms with Gasteiger partial charge in [0.15, 0.2) is 0 Å². The largest absolute Gasteiger partial charge is 0.465 e. The standard InChI is InChI=1S/C24H31N5O2/c1-29-13-10-17(11-14-29)5-4-12-25-22-7-3-6-19(16-26-22)23-27-20-9-8-18(24(30)31-2)15-21(20)28-23/h3,7-9,15-17H,4-6,10-14H2,1-2H3,(H,25,26)(H,27,28). The molecule has 2 N–H and O–H groups in total. The molecule has 2 aliphatic rings. The number of aliphatic imine (C=N–C) groups is 1. The molecule has 0 amide bonds. The number of hydrogen-bond donors (Lipinski definition) is 2. The lowest BCUT2D eigenvalue weighted by molar-refractivity contribution is 0.0601. The molecule has 0 spiro atoms. The Morgan fingerprint density at radius 3 is 2.97 bits per heavy atom. The van der Waals surface area contributed by atoms with Crippen LogP contribution in [-0.4, -0.2) is 60.5 Å². The van der Waals surface area contributed by atoms with Gasteiger partial charge in [-0.1, -0.05) is 6.08 Å². The van der Waals surface area contributed by atoms with E-state index < -0.39 is 0 Å². The number of esters is 1. The molecule has 0 bridgehead atoms. The van der Waals surface area contributed by atoms with Crippen LogP contribution in [0.2, 0.25) is 0 Å². The summed E-state index contributed by atoms with van der Waals surface area (Å²) in [4.78, 5) is 26.9. The number of hydrogen-bond acceptors (Lipinski definition) is 5. The number of likely N-dealkylation sites (tertiary alicyclic amines) is 1. The van der Waals surface area contributed by atoms with E-state index in [0.717, 1.165) is 53.6 Å². The first kappa shape index (κ1) is 21.3. The van der Waals surface area contributed by atoms with Crippen molar-refractivity contribution in [1.29, 1.82) is 0 Å². The topological polar surface area (TPSA) is 82.6 Å². The molecular formula is C24H31N5O2. The quantitative estimate of drug-likeness (QED) is 0.548. The van der Waals surface area contributed by atoms with E-state index in [1.54, 1.807) is 12.1 Å². The third kappa shape index (κ3) is 5.41. The third-order valence-electron chi connectivity index (χ3n) is 6.11. The molecular weight excluding hydrogens is 390 g/mol. The summed E-state index contributed by atoms with van der Waals surface area (Å²) >= 11 is 0. The van der Waals surface area contributed by atoms with E-state index in [4.69, 9.17) is 9.73 Å². The first-order chi connectivity index (χ1) is 15.1. The summed E-state index contributed by atoms with van der Waals surface area (Å²) in [5.41, 5.74) is 3.19. The van der Waals surface area contributed by atoms with E-state index >= 15 is 0 Å². The van der Waals surface area contributed by atoms with Crippen LogP contribution in [0.25, 0.3) is 16.6 Å². The van der Waals surface area contributed by atoms with Crippen molar-refractivity contribution in [1.82, 2.24) is 20.2 Å². The smallest absolute Gasteiger partial charge is 0.337 e. The Labute approximate surface area is 183 Å². The number of amidine groups is 1. The number of aromatic nitrogens is 2. The number of carbonyl (C=O) groups excluding carboxylic acids is 1. The summed E-state index contributed by atoms with van der Waals surface area (Å²) in [5, 5.41) is 3.32. The fraction of sp³-hybridized carbons (Fsp3) is 0.458. The number of ether oxygens (including phenoxy) is 1. The summed E-state index contributed by atoms with van der Waals surface area (Å²) in [6.07, 6.45) is 11.9. The first-order valence-corrected chi connectivity index (χ1v) is 11.1. The van der Waals surface area contributed by atoms with E-state index in [1.807, 2.05) is 18.3 Å². The zero-order valence-electron chi connectivity index (χ0n) is 18.4. The van der Waals surface area contributed by atoms with Crippen LogP contribution in [0.5, 0.6) is 0 Å². The second kappa shape index (κ2) is 9.92. The molecule has 4 rings (SSSR count). The number of aromatic amines is 1. The molecule has 31 heavy (non-hydrogen) atoms. The lowest BCUT2D eigenvalue weighted by Crippen LogP contribution is -2.30. The number of H-pyrrole nitrogens is 1. The lowest BCUT2D eigenvalue weighted by atomic mass is 9.92. The number of allylic oxidation sites excluding steroid dienone is 2. The van der Waals surface area contributed by atoms with Gasteiger partial charge in [-0.2, -0.15) is 0 Å². The molecule has 1 aromatic heterocycles. The van der Waals surface area contributed by atoms with Crippen LogP contribution >= 0.6 is 0 Å². The van der Waals surface area contributed by atoms with Gasteiger partial charge in [0.2, 0.25) is 0 Å². The predicted octanol–water partition coefficient (Wildman–Crippen LogP) is 3.76. The van der Waals surface area contributed by atoms with E-state index in [1.165, 1.54) is 39.5 Å². The Morgan fingerprint density at radius 1 is 1.32 bits per heavy atom. The second-order valence-electron chi connectivity index (χ2n) is 8.39. The average molecular weight is 422 g/mol. The van der Waals surface area contributed by atoms with Crippen LogP contribution in [-0.2, 0) is 4.74 Å². The summed E-state index contributed by atoms with van der Waals surface area (Å²) in [6.45, 7) is 3.30. The Morgan fingerprint density at radius 2 is 2.16 bits per heavy atom. The Hall–Kier alpha value is -2.93. The van der Waals surface area contributed by atoms with Gasteiger partial charge >= 0.3 is 5.97 Å². The summed E-state index contributed by atoms with van der Waals surface area (Å²) in [6, 6.07) is 5.34. The molecule has 7 nitrogen and oxygen atoms in total. The second-order valence-corrected chi connectivity index (χ2v) is 8.39. The minimum Gasteiger partial charge on any atom is -0.465 e. The van der Waals surface area contributed by atoms with Crippen molar-refractivity contribution in [3.63, 3.8) is 0 Å². The third-order valence-corrected chi connectivity index (χ3v) is 6.11. The molecule has 7 heteroatoms. The molecule has 2 aliphatic heterocycles. The number of methoxy groups -OCH3 is 1. The molecule has 1 fully saturated rings. The molecule has 0 atom stereocenters. The van der Waals surface area contributed by atoms with E-state index in [9.17, 15) is 4.79 Å². The monoisotopic (exact) mass is 421 g/mol. The predicted molar refractivity (Wildman–Crippen MR) is 124 cm³/mol. The van der Waals surface area contributed by atoms with Gasteiger partial charge in [-0.25, -0.2) is 9.78 Å². The van der Waals surface area contributed by atoms with Crippen LogP contribution in [0.4, 0.5) is 0 Å². The number of nitrogens with one attached hydrogen (secondary N) is 2. The highest BCUT2D eigenvalue weighted by molar-refractivity contribution is 5.96. The molecule has 1 saturated heterocycles. The van der Waals surface area contributed by atoms with Gasteiger partial charge in [-0.3, -0.25) is 4.99 Å². The maximum atomic E-state index is 11.8. The highest BCUT2D eigenvalue weighted by Gasteiger charge is 2.16. The Balaban J connectivity index is 1.35. The average Bonchev–Trinajstić information content (AvgIpc) is 3.07. The number of benzene rings is 1. The molecule has 1 aromatic carbocycles. The summed E-state index contributed by atoms with van der Waals surface area (Å²) < 4.78 is 4.80. The van der Waals surface area contributed by atoms with Crippen LogP contribution in [0.3, 0.4) is 0 Å². The zero-order chi connectivity index (χ0) is 21.6. The number of nitrogens with zero attached hydrogens (tertiary/aromatic N) is 3. The minimum atomic E-state index is -0.354. The van der Waals surface area contributed by atoms with Gasteiger partial charge in [0.1, 0.15) is 11.7 Å². The number of fused-ring (bicyclic) bond motifs is 1. The van der Waals surface area contributed by atoms with Gasteiger partial charge in [-0.15, -0.1) is 0 Å². The van der Waals surface area contributed by atoms with Crippen LogP contribution < -0.4 is 5.32 Å². The highest BCUT2D eigenvalue weighted by Crippen LogP contribution is 2.23. The number of rotatable bonds is 6. The zero-order valence-corrected chi connectivity index (χ0v) is 18.4. The van der Waals surface area contributed by atoms with Crippen molar-refractivity contribution in [2.75, 3.05) is 33.8 Å². The highest BCUT2D eigenvalue weighted by atomic mass is 16.5. The van der Waals surface area contributed by atoms with Gasteiger partial charge in [0.25, 0.3) is 0 Å². The van der Waals surface area contributed by atoms with Crippen molar-refractivity contribution in [3.8, 4) is 0 Å². The first-order valence-electron chi connectivity index (χ1n) is 11.1.